The van der Waals surface area contributed by atoms with Crippen LogP contribution in [0.3, 0.4) is 0 Å². The van der Waals surface area contributed by atoms with Gasteiger partial charge in [-0.2, -0.15) is 0 Å². The summed E-state index contributed by atoms with van der Waals surface area (Å²) in [6.45, 7) is 4.56. The molecule has 14 heavy (non-hydrogen) atoms. The van der Waals surface area contributed by atoms with Gasteiger partial charge < -0.3 is 5.73 Å². The van der Waals surface area contributed by atoms with Crippen LogP contribution in [0, 0.1) is 5.92 Å². The second-order valence-electron chi connectivity index (χ2n) is 4.38. The van der Waals surface area contributed by atoms with Gasteiger partial charge in [0.1, 0.15) is 0 Å². The van der Waals surface area contributed by atoms with Crippen LogP contribution in [0.4, 0.5) is 5.69 Å². The van der Waals surface area contributed by atoms with Crippen molar-refractivity contribution in [2.75, 3.05) is 5.73 Å². The van der Waals surface area contributed by atoms with E-state index >= 15 is 0 Å². The van der Waals surface area contributed by atoms with Crippen molar-refractivity contribution in [2.45, 2.75) is 39.5 Å². The molecule has 0 atom stereocenters. The summed E-state index contributed by atoms with van der Waals surface area (Å²) in [5.41, 5.74) is 7.88. The number of anilines is 1. The molecule has 2 N–H and O–H groups in total. The molecule has 1 aromatic rings. The Morgan fingerprint density at radius 1 is 1.07 bits per heavy atom. The van der Waals surface area contributed by atoms with Gasteiger partial charge in [-0.3, -0.25) is 0 Å². The number of unbranched alkanes of at least 4 members (excludes halogenated alkanes) is 1. The average molecular weight is 191 g/mol. The van der Waals surface area contributed by atoms with Gasteiger partial charge in [-0.25, -0.2) is 0 Å². The summed E-state index contributed by atoms with van der Waals surface area (Å²) in [5.74, 6) is 0.835. The molecule has 1 rings (SSSR count). The molecule has 1 aromatic carbocycles. The lowest BCUT2D eigenvalue weighted by Crippen LogP contribution is -1.91. The fraction of sp³-hybridized carbons (Fsp3) is 0.538. The van der Waals surface area contributed by atoms with Gasteiger partial charge in [0.15, 0.2) is 0 Å². The molecule has 0 heterocycles. The Balaban J connectivity index is 2.21. The first kappa shape index (κ1) is 11.1. The van der Waals surface area contributed by atoms with Gasteiger partial charge >= 0.3 is 0 Å². The summed E-state index contributed by atoms with van der Waals surface area (Å²) < 4.78 is 0. The Morgan fingerprint density at radius 3 is 2.29 bits per heavy atom. The molecule has 0 radical (unpaired) electrons. The van der Waals surface area contributed by atoms with Crippen molar-refractivity contribution in [3.8, 4) is 0 Å². The summed E-state index contributed by atoms with van der Waals surface area (Å²) >= 11 is 0. The predicted octanol–water partition coefficient (Wildman–Crippen LogP) is 3.64. The third kappa shape index (κ3) is 4.31. The molecule has 0 amide bonds. The van der Waals surface area contributed by atoms with E-state index in [1.54, 1.807) is 0 Å². The summed E-state index contributed by atoms with van der Waals surface area (Å²) in [7, 11) is 0. The maximum absolute atomic E-state index is 5.62. The minimum Gasteiger partial charge on any atom is -0.399 e. The zero-order valence-corrected chi connectivity index (χ0v) is 9.29. The first-order valence-corrected chi connectivity index (χ1v) is 5.53. The molecular weight excluding hydrogens is 170 g/mol. The smallest absolute Gasteiger partial charge is 0.0314 e. The lowest BCUT2D eigenvalue weighted by atomic mass is 10.0. The molecule has 1 nitrogen and oxygen atoms in total. The molecule has 0 aliphatic heterocycles. The first-order valence-electron chi connectivity index (χ1n) is 5.53. The lowest BCUT2D eigenvalue weighted by molar-refractivity contribution is 0.538. The molecule has 0 fully saturated rings. The second-order valence-corrected chi connectivity index (χ2v) is 4.38. The lowest BCUT2D eigenvalue weighted by Gasteiger charge is -2.04. The Bertz CT molecular complexity index is 248. The number of nitrogen functional groups attached to an aromatic ring is 1. The summed E-state index contributed by atoms with van der Waals surface area (Å²) in [6.07, 6.45) is 5.16. The van der Waals surface area contributed by atoms with Gasteiger partial charge in [0.2, 0.25) is 0 Å². The van der Waals surface area contributed by atoms with Gasteiger partial charge in [0, 0.05) is 5.69 Å². The van der Waals surface area contributed by atoms with Crippen molar-refractivity contribution in [3.05, 3.63) is 29.8 Å². The SMILES string of the molecule is CC(C)CCCCc1ccc(N)cc1. The number of rotatable bonds is 5. The minimum absolute atomic E-state index is 0.835. The molecule has 0 bridgehead atoms. The van der Waals surface area contributed by atoms with E-state index in [9.17, 15) is 0 Å². The van der Waals surface area contributed by atoms with Crippen LogP contribution >= 0.6 is 0 Å². The van der Waals surface area contributed by atoms with E-state index in [-0.39, 0.29) is 0 Å². The maximum atomic E-state index is 5.62. The minimum atomic E-state index is 0.835. The Kier molecular flexibility index (Phi) is 4.51. The van der Waals surface area contributed by atoms with Gasteiger partial charge in [-0.05, 0) is 36.5 Å². The largest absolute Gasteiger partial charge is 0.399 e. The highest BCUT2D eigenvalue weighted by Gasteiger charge is 1.96. The molecular formula is C13H21N. The topological polar surface area (TPSA) is 26.0 Å². The fourth-order valence-electron chi connectivity index (χ4n) is 1.57. The third-order valence-corrected chi connectivity index (χ3v) is 2.48. The maximum Gasteiger partial charge on any atom is 0.0314 e. The highest BCUT2D eigenvalue weighted by Crippen LogP contribution is 2.12. The molecule has 0 aromatic heterocycles. The zero-order chi connectivity index (χ0) is 10.4. The number of nitrogens with two attached hydrogens (primary N) is 1. The van der Waals surface area contributed by atoms with Crippen molar-refractivity contribution in [2.24, 2.45) is 5.92 Å². The standard InChI is InChI=1S/C13H21N/c1-11(2)5-3-4-6-12-7-9-13(14)10-8-12/h7-11H,3-6,14H2,1-2H3. The molecule has 1 heteroatoms. The van der Waals surface area contributed by atoms with Crippen LogP contribution in [0.1, 0.15) is 38.7 Å². The normalized spacial score (nSPS) is 10.8. The van der Waals surface area contributed by atoms with Crippen molar-refractivity contribution < 1.29 is 0 Å². The Morgan fingerprint density at radius 2 is 1.71 bits per heavy atom. The summed E-state index contributed by atoms with van der Waals surface area (Å²) in [5, 5.41) is 0. The number of hydrogen-bond acceptors (Lipinski definition) is 1. The fourth-order valence-corrected chi connectivity index (χ4v) is 1.57. The number of aryl methyl sites for hydroxylation is 1. The van der Waals surface area contributed by atoms with Crippen LogP contribution in [-0.4, -0.2) is 0 Å². The summed E-state index contributed by atoms with van der Waals surface area (Å²) in [4.78, 5) is 0. The van der Waals surface area contributed by atoms with E-state index in [4.69, 9.17) is 5.73 Å². The molecule has 0 aliphatic rings. The van der Waals surface area contributed by atoms with Crippen LogP contribution in [-0.2, 0) is 6.42 Å². The number of benzene rings is 1. The van der Waals surface area contributed by atoms with E-state index in [2.05, 4.69) is 26.0 Å². The van der Waals surface area contributed by atoms with Gasteiger partial charge in [0.25, 0.3) is 0 Å². The molecule has 0 spiro atoms. The first-order chi connectivity index (χ1) is 6.68. The quantitative estimate of drug-likeness (QED) is 0.558. The van der Waals surface area contributed by atoms with Crippen LogP contribution in [0.2, 0.25) is 0 Å². The number of hydrogen-bond donors (Lipinski definition) is 1. The Hall–Kier alpha value is -0.980. The zero-order valence-electron chi connectivity index (χ0n) is 9.29. The highest BCUT2D eigenvalue weighted by molar-refractivity contribution is 5.39. The van der Waals surface area contributed by atoms with Crippen LogP contribution in [0.15, 0.2) is 24.3 Å². The Labute approximate surface area is 87.3 Å². The van der Waals surface area contributed by atoms with Crippen molar-refractivity contribution in [3.63, 3.8) is 0 Å². The third-order valence-electron chi connectivity index (χ3n) is 2.48. The molecule has 0 unspecified atom stereocenters. The van der Waals surface area contributed by atoms with Gasteiger partial charge in [-0.1, -0.05) is 38.8 Å². The molecule has 0 aliphatic carbocycles. The van der Waals surface area contributed by atoms with Crippen molar-refractivity contribution in [1.29, 1.82) is 0 Å². The average Bonchev–Trinajstić information content (AvgIpc) is 2.15. The molecule has 0 saturated carbocycles. The highest BCUT2D eigenvalue weighted by atomic mass is 14.5. The van der Waals surface area contributed by atoms with Crippen LogP contribution in [0.25, 0.3) is 0 Å². The van der Waals surface area contributed by atoms with Gasteiger partial charge in [-0.15, -0.1) is 0 Å². The van der Waals surface area contributed by atoms with Crippen molar-refractivity contribution >= 4 is 5.69 Å². The molecule has 0 saturated heterocycles. The van der Waals surface area contributed by atoms with E-state index in [1.807, 2.05) is 12.1 Å². The summed E-state index contributed by atoms with van der Waals surface area (Å²) in [6, 6.07) is 8.23. The van der Waals surface area contributed by atoms with E-state index < -0.39 is 0 Å². The molecule has 78 valence electrons. The predicted molar refractivity (Wildman–Crippen MR) is 63.2 cm³/mol. The van der Waals surface area contributed by atoms with Gasteiger partial charge in [0.05, 0.1) is 0 Å². The van der Waals surface area contributed by atoms with Crippen LogP contribution < -0.4 is 5.73 Å². The second kappa shape index (κ2) is 5.69. The van der Waals surface area contributed by atoms with E-state index in [1.165, 1.54) is 31.2 Å². The monoisotopic (exact) mass is 191 g/mol. The van der Waals surface area contributed by atoms with E-state index in [0.717, 1.165) is 11.6 Å². The van der Waals surface area contributed by atoms with Crippen LogP contribution in [0.5, 0.6) is 0 Å². The van der Waals surface area contributed by atoms with Crippen molar-refractivity contribution in [1.82, 2.24) is 0 Å². The van der Waals surface area contributed by atoms with E-state index in [0.29, 0.717) is 0 Å².